The first-order valence-corrected chi connectivity index (χ1v) is 29.0. The van der Waals surface area contributed by atoms with Crippen LogP contribution < -0.4 is 16.4 Å². The van der Waals surface area contributed by atoms with Crippen molar-refractivity contribution in [3.8, 4) is 0 Å². The fourth-order valence-electron chi connectivity index (χ4n) is 7.94. The molecular weight excluding hydrogens is 1050 g/mol. The number of fused-ring (bicyclic) bond motifs is 1. The first-order chi connectivity index (χ1) is 34.0. The van der Waals surface area contributed by atoms with Gasteiger partial charge in [0.2, 0.25) is 11.8 Å². The van der Waals surface area contributed by atoms with Crippen molar-refractivity contribution < 1.29 is 95.8 Å². The van der Waals surface area contributed by atoms with E-state index in [0.29, 0.717) is 37.9 Å². The van der Waals surface area contributed by atoms with E-state index >= 15 is 0 Å². The maximum atomic E-state index is 12.8. The highest BCUT2D eigenvalue weighted by Gasteiger charge is 2.50. The zero-order chi connectivity index (χ0) is 54.4. The highest BCUT2D eigenvalue weighted by Crippen LogP contribution is 2.61. The molecule has 1 saturated heterocycles. The lowest BCUT2D eigenvalue weighted by Gasteiger charge is -2.30. The van der Waals surface area contributed by atoms with Gasteiger partial charge in [-0.1, -0.05) is 76.1 Å². The molecule has 0 radical (unpaired) electrons. The molecule has 2 aliphatic rings. The third-order valence-electron chi connectivity index (χ3n) is 12.0. The Kier molecular flexibility index (Phi) is 23.8. The van der Waals surface area contributed by atoms with Gasteiger partial charge < -0.3 is 66.2 Å². The van der Waals surface area contributed by atoms with Crippen molar-refractivity contribution in [3.05, 3.63) is 37.0 Å². The minimum absolute atomic E-state index is 0.0218. The monoisotopic (exact) mass is 1120 g/mol. The van der Waals surface area contributed by atoms with E-state index in [1.807, 2.05) is 18.2 Å². The molecule has 2 aromatic rings. The second-order valence-electron chi connectivity index (χ2n) is 18.7. The number of thioether (sulfide) groups is 1. The van der Waals surface area contributed by atoms with Crippen LogP contribution in [0.25, 0.3) is 11.2 Å². The average Bonchev–Trinajstić information content (AvgIpc) is 3.94. The number of unbranched alkanes of at least 4 members (excludes halogenated alkanes) is 3. The number of ether oxygens (including phenoxy) is 1. The van der Waals surface area contributed by atoms with Crippen LogP contribution in [0.5, 0.6) is 0 Å². The highest BCUT2D eigenvalue weighted by atomic mass is 32.2. The summed E-state index contributed by atoms with van der Waals surface area (Å²) < 4.78 is 62.5. The van der Waals surface area contributed by atoms with Crippen LogP contribution in [0.3, 0.4) is 0 Å². The largest absolute Gasteiger partial charge is 0.481 e. The van der Waals surface area contributed by atoms with Crippen LogP contribution in [0.2, 0.25) is 0 Å². The number of aromatic nitrogens is 4. The third kappa shape index (κ3) is 20.1. The second kappa shape index (κ2) is 27.8. The number of carbonyl (C=O) groups excluding carboxylic acids is 3. The van der Waals surface area contributed by atoms with E-state index in [2.05, 4.69) is 41.3 Å². The molecule has 2 aromatic heterocycles. The molecule has 73 heavy (non-hydrogen) atoms. The molecule has 3 heterocycles. The number of imidazole rings is 1. The Morgan fingerprint density at radius 3 is 2.38 bits per heavy atom. The zero-order valence-corrected chi connectivity index (χ0v) is 44.4. The molecule has 0 bridgehead atoms. The molecule has 414 valence electrons. The fraction of sp³-hybridized carbons (Fsp3) is 0.714. The van der Waals surface area contributed by atoms with E-state index in [9.17, 15) is 73.2 Å². The quantitative estimate of drug-likeness (QED) is 0.0292. The zero-order valence-electron chi connectivity index (χ0n) is 40.9. The van der Waals surface area contributed by atoms with Gasteiger partial charge in [0, 0.05) is 49.4 Å². The van der Waals surface area contributed by atoms with Gasteiger partial charge in [-0.15, -0.1) is 0 Å². The number of aliphatic hydroxyl groups is 5. The van der Waals surface area contributed by atoms with Gasteiger partial charge in [0.25, 0.3) is 0 Å². The third-order valence-corrected chi connectivity index (χ3v) is 16.0. The molecule has 7 unspecified atom stereocenters. The summed E-state index contributed by atoms with van der Waals surface area (Å²) in [6, 6.07) is 0. The van der Waals surface area contributed by atoms with Crippen LogP contribution >= 0.6 is 35.2 Å². The Bertz CT molecular complexity index is 2360. The van der Waals surface area contributed by atoms with E-state index in [4.69, 9.17) is 19.5 Å². The predicted octanol–water partition coefficient (Wildman–Crippen LogP) is 2.03. The fourth-order valence-corrected chi connectivity index (χ4v) is 11.5. The van der Waals surface area contributed by atoms with Crippen LogP contribution in [0.4, 0.5) is 5.82 Å². The van der Waals surface area contributed by atoms with Crippen molar-refractivity contribution in [2.24, 2.45) is 17.3 Å². The number of carbonyl (C=O) groups is 3. The minimum atomic E-state index is -5.60. The first kappa shape index (κ1) is 62.5. The number of phosphoric acid groups is 3. The molecule has 27 nitrogen and oxygen atoms in total. The molecule has 13 N–H and O–H groups in total. The van der Waals surface area contributed by atoms with Crippen LogP contribution in [0.1, 0.15) is 98.1 Å². The van der Waals surface area contributed by atoms with Gasteiger partial charge >= 0.3 is 23.5 Å². The molecule has 0 aromatic carbocycles. The van der Waals surface area contributed by atoms with Crippen molar-refractivity contribution in [3.63, 3.8) is 0 Å². The Labute approximate surface area is 426 Å². The summed E-state index contributed by atoms with van der Waals surface area (Å²) in [6.07, 6.45) is 4.93. The van der Waals surface area contributed by atoms with Gasteiger partial charge in [0.05, 0.1) is 37.4 Å². The van der Waals surface area contributed by atoms with Gasteiger partial charge in [0.15, 0.2) is 22.8 Å². The molecule has 4 rings (SSSR count). The van der Waals surface area contributed by atoms with Gasteiger partial charge in [0.1, 0.15) is 36.3 Å². The van der Waals surface area contributed by atoms with Crippen molar-refractivity contribution in [2.75, 3.05) is 37.8 Å². The normalized spacial score (nSPS) is 25.7. The number of hydrogen-bond acceptors (Lipinski definition) is 21. The van der Waals surface area contributed by atoms with Crippen molar-refractivity contribution in [1.82, 2.24) is 30.2 Å². The lowest BCUT2D eigenvalue weighted by Crippen LogP contribution is -2.46. The summed E-state index contributed by atoms with van der Waals surface area (Å²) in [7, 11) is -16.5. The SMILES string of the molecule is CCCCC[C@](C)(O)/C=C/[C@@H]1[C@@H](C/C=C/CCCC(=O)SCCNC(=O)CCNC(=O)C(O)C(C)(C)COP(=O)(O)OP(=O)(O)OCC2OC(n3cnc4c(N)ncnc43)C(O)C2OP(=O)(O)O)[C@@H](O)C[C@H]1O. The molecule has 2 amide bonds. The predicted molar refractivity (Wildman–Crippen MR) is 262 cm³/mol. The summed E-state index contributed by atoms with van der Waals surface area (Å²) in [5, 5.41) is 58.3. The van der Waals surface area contributed by atoms with Crippen molar-refractivity contribution in [2.45, 2.75) is 140 Å². The number of allylic oxidation sites excluding steroid dienone is 2. The number of amides is 2. The second-order valence-corrected chi connectivity index (χ2v) is 24.1. The number of phosphoric ester groups is 3. The summed E-state index contributed by atoms with van der Waals surface area (Å²) >= 11 is 1.06. The minimum Gasteiger partial charge on any atom is -0.393 e. The maximum absolute atomic E-state index is 12.8. The Balaban J connectivity index is 1.11. The van der Waals surface area contributed by atoms with E-state index in [0.717, 1.165) is 48.2 Å². The lowest BCUT2D eigenvalue weighted by atomic mass is 9.87. The average molecular weight is 1120 g/mol. The van der Waals surface area contributed by atoms with Crippen LogP contribution in [-0.4, -0.2) is 156 Å². The summed E-state index contributed by atoms with van der Waals surface area (Å²) in [6.45, 7) is 4.20. The van der Waals surface area contributed by atoms with Crippen molar-refractivity contribution in [1.29, 1.82) is 0 Å². The number of nitrogen functional groups attached to an aromatic ring is 1. The number of aliphatic hydroxyl groups excluding tert-OH is 4. The number of anilines is 1. The molecule has 2 fully saturated rings. The topological polar surface area (TPSA) is 424 Å². The van der Waals surface area contributed by atoms with Crippen LogP contribution in [0, 0.1) is 17.3 Å². The number of nitrogens with zero attached hydrogens (tertiary/aromatic N) is 4. The number of rotatable bonds is 31. The van der Waals surface area contributed by atoms with Crippen LogP contribution in [-0.2, 0) is 50.7 Å². The van der Waals surface area contributed by atoms with E-state index in [1.54, 1.807) is 13.0 Å². The number of nitrogens with one attached hydrogen (secondary N) is 2. The summed E-state index contributed by atoms with van der Waals surface area (Å²) in [5.74, 6) is -1.70. The van der Waals surface area contributed by atoms with Crippen LogP contribution in [0.15, 0.2) is 37.0 Å². The highest BCUT2D eigenvalue weighted by molar-refractivity contribution is 8.13. The number of hydrogen-bond donors (Lipinski definition) is 12. The molecule has 1 saturated carbocycles. The Morgan fingerprint density at radius 2 is 1.68 bits per heavy atom. The Morgan fingerprint density at radius 1 is 0.973 bits per heavy atom. The maximum Gasteiger partial charge on any atom is 0.481 e. The van der Waals surface area contributed by atoms with E-state index in [-0.39, 0.29) is 59.9 Å². The van der Waals surface area contributed by atoms with E-state index < -0.39 is 102 Å². The molecule has 1 aliphatic heterocycles. The Hall–Kier alpha value is -3.08. The molecule has 1 aliphatic carbocycles. The van der Waals surface area contributed by atoms with Gasteiger partial charge in [-0.05, 0) is 38.5 Å². The summed E-state index contributed by atoms with van der Waals surface area (Å²) in [5.41, 5.74) is 3.25. The van der Waals surface area contributed by atoms with Gasteiger partial charge in [-0.2, -0.15) is 4.31 Å². The number of nitrogens with two attached hydrogens (primary N) is 1. The smallest absolute Gasteiger partial charge is 0.393 e. The molecule has 12 atom stereocenters. The lowest BCUT2D eigenvalue weighted by molar-refractivity contribution is -0.137. The molecule has 31 heteroatoms. The van der Waals surface area contributed by atoms with Gasteiger partial charge in [-0.25, -0.2) is 28.6 Å². The standard InChI is InChI=1S/C42H70N7O20P3S/c1-5-6-11-16-42(4,57)17-14-27-26(28(50)21-29(27)51)12-9-7-8-10-13-32(53)73-20-19-44-31(52)15-18-45-39(56)36(55)41(2,3)23-66-72(63,64)69-71(61,62)65-22-30-35(68-70(58,59)60)34(54)40(67-30)49-25-48-33-37(43)46-24-47-38(33)49/h7,9,14,17,24-30,34-36,40,50-51,54-55,57H,5-6,8,10-13,15-16,18-23H2,1-4H3,(H,44,52)(H,45,56)(H,61,62)(H,63,64)(H2,43,46,47)(H2,58,59,60)/b9-7+,17-14+/t26-,27-,28+,29-,30?,34?,35?,36?,40?,42+/m1/s1. The van der Waals surface area contributed by atoms with E-state index in [1.165, 1.54) is 13.8 Å². The van der Waals surface area contributed by atoms with Gasteiger partial charge in [-0.3, -0.25) is 32.5 Å². The molecular formula is C42H70N7O20P3S. The first-order valence-electron chi connectivity index (χ1n) is 23.5. The molecule has 0 spiro atoms. The summed E-state index contributed by atoms with van der Waals surface area (Å²) in [4.78, 5) is 88.7. The van der Waals surface area contributed by atoms with Crippen molar-refractivity contribution >= 4 is 69.1 Å².